The minimum atomic E-state index is -0.994. The summed E-state index contributed by atoms with van der Waals surface area (Å²) in [6.45, 7) is 4.22. The summed E-state index contributed by atoms with van der Waals surface area (Å²) < 4.78 is 18.6. The third-order valence-corrected chi connectivity index (χ3v) is 10.9. The van der Waals surface area contributed by atoms with Gasteiger partial charge in [-0.2, -0.15) is 0 Å². The first-order chi connectivity index (χ1) is 28.4. The van der Waals surface area contributed by atoms with Crippen LogP contribution in [0.5, 0.6) is 0 Å². The number of likely N-dealkylation sites (tertiary alicyclic amines) is 1. The van der Waals surface area contributed by atoms with Gasteiger partial charge >= 0.3 is 6.09 Å². The fraction of sp³-hybridized carbons (Fsp3) is 0.311. The summed E-state index contributed by atoms with van der Waals surface area (Å²) in [6, 6.07) is 33.6. The lowest BCUT2D eigenvalue weighted by Gasteiger charge is -2.40. The summed E-state index contributed by atoms with van der Waals surface area (Å²) in [5.41, 5.74) is 6.12. The number of aromatic nitrogens is 2. The SMILES string of the molecule is O=C(NC1CC(=O)N(Cc2ccccc2-c2ccc([C@H]3O[C@@H](CN4CCN(c5ncccn5)CC4)C[C@@H](c4ccc(CO)cc4)O3)cc2)C1=O)OCc1ccccc1. The first-order valence-corrected chi connectivity index (χ1v) is 19.6. The third-order valence-electron chi connectivity index (χ3n) is 10.9. The number of anilines is 1. The van der Waals surface area contributed by atoms with Crippen LogP contribution in [0.15, 0.2) is 122 Å². The molecule has 1 aromatic heterocycles. The Bertz CT molecular complexity index is 2170. The summed E-state index contributed by atoms with van der Waals surface area (Å²) in [5, 5.41) is 12.2. The van der Waals surface area contributed by atoms with E-state index in [0.29, 0.717) is 6.42 Å². The number of hydrogen-bond donors (Lipinski definition) is 2. The van der Waals surface area contributed by atoms with Crippen LogP contribution >= 0.6 is 0 Å². The van der Waals surface area contributed by atoms with Gasteiger partial charge in [-0.05, 0) is 39.4 Å². The van der Waals surface area contributed by atoms with E-state index in [1.165, 1.54) is 4.90 Å². The van der Waals surface area contributed by atoms with Crippen LogP contribution in [0.3, 0.4) is 0 Å². The number of hydrogen-bond acceptors (Lipinski definition) is 11. The van der Waals surface area contributed by atoms with Crippen LogP contribution in [-0.4, -0.2) is 87.7 Å². The zero-order valence-corrected chi connectivity index (χ0v) is 32.1. The summed E-state index contributed by atoms with van der Waals surface area (Å²) in [5.74, 6) is -0.0854. The molecule has 13 nitrogen and oxygen atoms in total. The van der Waals surface area contributed by atoms with Gasteiger partial charge in [-0.1, -0.05) is 103 Å². The molecule has 13 heteroatoms. The zero-order valence-electron chi connectivity index (χ0n) is 32.1. The Hall–Kier alpha value is -5.99. The summed E-state index contributed by atoms with van der Waals surface area (Å²) in [4.78, 5) is 53.6. The molecule has 3 amide bonds. The van der Waals surface area contributed by atoms with Crippen molar-refractivity contribution in [2.75, 3.05) is 37.6 Å². The molecule has 0 saturated carbocycles. The highest BCUT2D eigenvalue weighted by Gasteiger charge is 2.40. The molecule has 3 fully saturated rings. The van der Waals surface area contributed by atoms with Crippen molar-refractivity contribution in [2.24, 2.45) is 0 Å². The molecule has 2 N–H and O–H groups in total. The maximum atomic E-state index is 13.4. The number of rotatable bonds is 12. The van der Waals surface area contributed by atoms with E-state index < -0.39 is 24.3 Å². The molecule has 4 heterocycles. The average molecular weight is 783 g/mol. The number of aliphatic hydroxyl groups excluding tert-OH is 1. The standard InChI is InChI=1S/C45H46N6O7/c52-29-31-11-13-34(14-12-31)40-25-37(28-49-21-23-50(24-22-49)44-46-19-6-20-47-44)57-43(58-40)35-17-15-33(16-18-35)38-10-5-4-9-36(38)27-51-41(53)26-39(42(51)54)48-45(55)56-30-32-7-2-1-3-8-32/h1-20,37,39-40,43,52H,21-30H2,(H,48,55)/t37-,39?,40+,43+/m1/s1. The van der Waals surface area contributed by atoms with Gasteiger partial charge in [0.15, 0.2) is 6.29 Å². The van der Waals surface area contributed by atoms with Gasteiger partial charge in [0, 0.05) is 57.1 Å². The Labute approximate surface area is 337 Å². The largest absolute Gasteiger partial charge is 0.445 e. The van der Waals surface area contributed by atoms with Crippen molar-refractivity contribution in [1.29, 1.82) is 0 Å². The quantitative estimate of drug-likeness (QED) is 0.154. The van der Waals surface area contributed by atoms with Crippen LogP contribution < -0.4 is 10.2 Å². The molecule has 1 unspecified atom stereocenters. The molecule has 4 aromatic carbocycles. The zero-order chi connectivity index (χ0) is 39.8. The normalized spacial score (nSPS) is 21.3. The van der Waals surface area contributed by atoms with Crippen LogP contribution in [0.2, 0.25) is 0 Å². The van der Waals surface area contributed by atoms with E-state index in [9.17, 15) is 19.5 Å². The summed E-state index contributed by atoms with van der Waals surface area (Å²) >= 11 is 0. The minimum Gasteiger partial charge on any atom is -0.445 e. The monoisotopic (exact) mass is 782 g/mol. The van der Waals surface area contributed by atoms with Crippen LogP contribution in [0.25, 0.3) is 11.1 Å². The lowest BCUT2D eigenvalue weighted by atomic mass is 9.97. The second kappa shape index (κ2) is 18.1. The predicted molar refractivity (Wildman–Crippen MR) is 215 cm³/mol. The fourth-order valence-corrected chi connectivity index (χ4v) is 7.70. The van der Waals surface area contributed by atoms with Crippen molar-refractivity contribution < 1.29 is 33.7 Å². The number of aliphatic hydroxyl groups is 1. The molecular formula is C45H46N6O7. The molecule has 58 heavy (non-hydrogen) atoms. The van der Waals surface area contributed by atoms with E-state index >= 15 is 0 Å². The molecule has 0 spiro atoms. The van der Waals surface area contributed by atoms with Gasteiger partial charge in [0.25, 0.3) is 5.91 Å². The van der Waals surface area contributed by atoms with Crippen molar-refractivity contribution in [2.45, 2.75) is 57.1 Å². The smallest absolute Gasteiger partial charge is 0.408 e. The van der Waals surface area contributed by atoms with E-state index in [-0.39, 0.29) is 44.3 Å². The van der Waals surface area contributed by atoms with E-state index in [0.717, 1.165) is 77.6 Å². The van der Waals surface area contributed by atoms with E-state index in [1.54, 1.807) is 12.4 Å². The van der Waals surface area contributed by atoms with Crippen molar-refractivity contribution >= 4 is 23.9 Å². The number of ether oxygens (including phenoxy) is 3. The topological polar surface area (TPSA) is 147 Å². The predicted octanol–water partition coefficient (Wildman–Crippen LogP) is 5.56. The molecule has 0 bridgehead atoms. The van der Waals surface area contributed by atoms with Crippen LogP contribution in [0, 0.1) is 0 Å². The Morgan fingerprint density at radius 1 is 0.793 bits per heavy atom. The number of carbonyl (C=O) groups is 3. The number of carbonyl (C=O) groups excluding carboxylic acids is 3. The van der Waals surface area contributed by atoms with Gasteiger partial charge in [0.1, 0.15) is 12.6 Å². The Morgan fingerprint density at radius 2 is 1.50 bits per heavy atom. The third kappa shape index (κ3) is 9.24. The highest BCUT2D eigenvalue weighted by Crippen LogP contribution is 2.39. The Morgan fingerprint density at radius 3 is 2.24 bits per heavy atom. The van der Waals surface area contributed by atoms with Crippen LogP contribution in [0.1, 0.15) is 53.1 Å². The van der Waals surface area contributed by atoms with E-state index in [1.807, 2.05) is 109 Å². The van der Waals surface area contributed by atoms with Crippen molar-refractivity contribution in [3.63, 3.8) is 0 Å². The number of imide groups is 1. The molecule has 3 aliphatic heterocycles. The molecule has 8 rings (SSSR count). The van der Waals surface area contributed by atoms with Crippen LogP contribution in [-0.2, 0) is 43.6 Å². The fourth-order valence-electron chi connectivity index (χ4n) is 7.70. The van der Waals surface area contributed by atoms with Crippen molar-refractivity contribution in [1.82, 2.24) is 25.1 Å². The molecule has 298 valence electrons. The molecule has 3 aliphatic rings. The Balaban J connectivity index is 0.933. The number of nitrogens with one attached hydrogen (secondary N) is 1. The number of alkyl carbamates (subject to hydrolysis) is 1. The number of benzene rings is 4. The van der Waals surface area contributed by atoms with Crippen molar-refractivity contribution in [3.05, 3.63) is 149 Å². The number of nitrogens with zero attached hydrogens (tertiary/aromatic N) is 5. The van der Waals surface area contributed by atoms with Crippen molar-refractivity contribution in [3.8, 4) is 11.1 Å². The van der Waals surface area contributed by atoms with Gasteiger partial charge in [-0.15, -0.1) is 0 Å². The summed E-state index contributed by atoms with van der Waals surface area (Å²) in [6.07, 6.45) is 2.41. The molecular weight excluding hydrogens is 737 g/mol. The number of amides is 3. The second-order valence-electron chi connectivity index (χ2n) is 14.7. The first kappa shape index (κ1) is 38.9. The highest BCUT2D eigenvalue weighted by atomic mass is 16.7. The summed E-state index contributed by atoms with van der Waals surface area (Å²) in [7, 11) is 0. The second-order valence-corrected chi connectivity index (χ2v) is 14.7. The number of piperazine rings is 1. The maximum Gasteiger partial charge on any atom is 0.408 e. The molecule has 4 atom stereocenters. The van der Waals surface area contributed by atoms with Crippen LogP contribution in [0.4, 0.5) is 10.7 Å². The maximum absolute atomic E-state index is 13.4. The average Bonchev–Trinajstić information content (AvgIpc) is 3.53. The van der Waals surface area contributed by atoms with Gasteiger partial charge in [0.05, 0.1) is 31.8 Å². The lowest BCUT2D eigenvalue weighted by molar-refractivity contribution is -0.253. The van der Waals surface area contributed by atoms with E-state index in [4.69, 9.17) is 14.2 Å². The Kier molecular flexibility index (Phi) is 12.1. The molecule has 5 aromatic rings. The van der Waals surface area contributed by atoms with Gasteiger partial charge < -0.3 is 29.5 Å². The van der Waals surface area contributed by atoms with Gasteiger partial charge in [0.2, 0.25) is 11.9 Å². The van der Waals surface area contributed by atoms with E-state index in [2.05, 4.69) is 25.1 Å². The van der Waals surface area contributed by atoms with Gasteiger partial charge in [-0.25, -0.2) is 14.8 Å². The lowest BCUT2D eigenvalue weighted by Crippen LogP contribution is -2.50. The minimum absolute atomic E-state index is 0.0238. The van der Waals surface area contributed by atoms with Gasteiger partial charge in [-0.3, -0.25) is 19.4 Å². The highest BCUT2D eigenvalue weighted by molar-refractivity contribution is 6.06. The molecule has 3 saturated heterocycles. The molecule has 0 radical (unpaired) electrons. The first-order valence-electron chi connectivity index (χ1n) is 19.6. The molecule has 0 aliphatic carbocycles.